The van der Waals surface area contributed by atoms with Crippen LogP contribution in [0, 0.1) is 6.92 Å². The van der Waals surface area contributed by atoms with Crippen molar-refractivity contribution in [3.05, 3.63) is 80.7 Å². The summed E-state index contributed by atoms with van der Waals surface area (Å²) < 4.78 is 1.38. The number of aryl methyl sites for hydroxylation is 1. The first-order chi connectivity index (χ1) is 14.9. The van der Waals surface area contributed by atoms with Crippen LogP contribution in [-0.2, 0) is 11.2 Å². The lowest BCUT2D eigenvalue weighted by Crippen LogP contribution is -2.31. The molecule has 0 aliphatic carbocycles. The van der Waals surface area contributed by atoms with Gasteiger partial charge in [-0.15, -0.1) is 11.3 Å². The zero-order valence-corrected chi connectivity index (χ0v) is 19.1. The zero-order valence-electron chi connectivity index (χ0n) is 17.5. The Kier molecular flexibility index (Phi) is 5.94. The van der Waals surface area contributed by atoms with Crippen molar-refractivity contribution in [1.29, 1.82) is 0 Å². The van der Waals surface area contributed by atoms with E-state index in [1.54, 1.807) is 25.1 Å². The van der Waals surface area contributed by atoms with Gasteiger partial charge < -0.3 is 5.32 Å². The Morgan fingerprint density at radius 1 is 1.23 bits per heavy atom. The van der Waals surface area contributed by atoms with Gasteiger partial charge in [0.2, 0.25) is 5.91 Å². The van der Waals surface area contributed by atoms with Crippen LogP contribution in [0.15, 0.2) is 59.0 Å². The summed E-state index contributed by atoms with van der Waals surface area (Å²) in [4.78, 5) is 31.3. The fourth-order valence-corrected chi connectivity index (χ4v) is 4.54. The molecule has 4 aromatic rings. The minimum atomic E-state index is -0.738. The predicted molar refractivity (Wildman–Crippen MR) is 128 cm³/mol. The fourth-order valence-electron chi connectivity index (χ4n) is 3.46. The van der Waals surface area contributed by atoms with Crippen molar-refractivity contribution in [3.8, 4) is 11.1 Å². The summed E-state index contributed by atoms with van der Waals surface area (Å²) in [6.07, 6.45) is 2.40. The summed E-state index contributed by atoms with van der Waals surface area (Å²) in [5.41, 5.74) is 4.21. The number of aromatic nitrogens is 2. The molecule has 1 N–H and O–H groups in total. The van der Waals surface area contributed by atoms with E-state index >= 15 is 0 Å². The van der Waals surface area contributed by atoms with Gasteiger partial charge in [0, 0.05) is 21.7 Å². The topological polar surface area (TPSA) is 64.0 Å². The maximum atomic E-state index is 13.4. The monoisotopic (exact) mass is 451 g/mol. The van der Waals surface area contributed by atoms with Crippen molar-refractivity contribution in [2.75, 3.05) is 5.32 Å². The summed E-state index contributed by atoms with van der Waals surface area (Å²) >= 11 is 7.58. The molecule has 4 rings (SSSR count). The van der Waals surface area contributed by atoms with Crippen LogP contribution in [0.3, 0.4) is 0 Å². The minimum absolute atomic E-state index is 0.230. The van der Waals surface area contributed by atoms with Crippen LogP contribution in [0.4, 0.5) is 5.69 Å². The number of rotatable bonds is 5. The van der Waals surface area contributed by atoms with Crippen LogP contribution in [0.5, 0.6) is 0 Å². The summed E-state index contributed by atoms with van der Waals surface area (Å²) in [5, 5.41) is 5.93. The van der Waals surface area contributed by atoms with Gasteiger partial charge in [0.15, 0.2) is 0 Å². The predicted octanol–water partition coefficient (Wildman–Crippen LogP) is 5.85. The average Bonchev–Trinajstić information content (AvgIpc) is 3.22. The number of carbonyl (C=O) groups is 1. The molecule has 1 amide bonds. The number of hydrogen-bond acceptors (Lipinski definition) is 4. The first-order valence-corrected chi connectivity index (χ1v) is 11.3. The molecule has 0 saturated heterocycles. The Balaban J connectivity index is 1.70. The van der Waals surface area contributed by atoms with Crippen LogP contribution in [0.1, 0.15) is 31.0 Å². The van der Waals surface area contributed by atoms with Crippen LogP contribution in [-0.4, -0.2) is 15.5 Å². The second-order valence-corrected chi connectivity index (χ2v) is 8.68. The van der Waals surface area contributed by atoms with E-state index in [9.17, 15) is 9.59 Å². The molecule has 1 atom stereocenters. The summed E-state index contributed by atoms with van der Waals surface area (Å²) in [6.45, 7) is 5.63. The Morgan fingerprint density at radius 2 is 1.97 bits per heavy atom. The molecule has 1 unspecified atom stereocenters. The van der Waals surface area contributed by atoms with Gasteiger partial charge in [-0.1, -0.05) is 48.9 Å². The number of nitrogens with one attached hydrogen (secondary N) is 1. The molecule has 0 radical (unpaired) electrons. The second-order valence-electron chi connectivity index (χ2n) is 7.41. The molecule has 0 bridgehead atoms. The standard InChI is InChI=1S/C24H22ClN3O2S/c1-4-16-8-10-17(11-9-16)18-12-31-23-21(18)24(30)28(13-26-23)15(3)22(29)27-20-7-5-6-19(25)14(20)2/h5-13,15H,4H2,1-3H3,(H,27,29). The van der Waals surface area contributed by atoms with Crippen molar-refractivity contribution in [3.63, 3.8) is 0 Å². The highest BCUT2D eigenvalue weighted by Crippen LogP contribution is 2.31. The van der Waals surface area contributed by atoms with Crippen LogP contribution < -0.4 is 10.9 Å². The van der Waals surface area contributed by atoms with E-state index in [1.807, 2.05) is 24.4 Å². The highest BCUT2D eigenvalue weighted by Gasteiger charge is 2.21. The number of carbonyl (C=O) groups excluding carboxylic acids is 1. The number of nitrogens with zero attached hydrogens (tertiary/aromatic N) is 2. The van der Waals surface area contributed by atoms with Crippen molar-refractivity contribution in [2.45, 2.75) is 33.2 Å². The van der Waals surface area contributed by atoms with Gasteiger partial charge in [0.05, 0.1) is 11.7 Å². The van der Waals surface area contributed by atoms with Gasteiger partial charge in [-0.05, 0) is 49.1 Å². The van der Waals surface area contributed by atoms with E-state index in [0.29, 0.717) is 20.9 Å². The third-order valence-electron chi connectivity index (χ3n) is 5.51. The molecule has 5 nitrogen and oxygen atoms in total. The van der Waals surface area contributed by atoms with Gasteiger partial charge in [-0.25, -0.2) is 4.98 Å². The van der Waals surface area contributed by atoms with E-state index in [0.717, 1.165) is 23.1 Å². The Bertz CT molecular complexity index is 1330. The molecule has 0 saturated carbocycles. The Labute approximate surface area is 189 Å². The van der Waals surface area contributed by atoms with Crippen molar-refractivity contribution in [2.24, 2.45) is 0 Å². The SMILES string of the molecule is CCc1ccc(-c2csc3ncn(C(C)C(=O)Nc4cccc(Cl)c4C)c(=O)c23)cc1. The number of anilines is 1. The van der Waals surface area contributed by atoms with Gasteiger partial charge in [-0.2, -0.15) is 0 Å². The smallest absolute Gasteiger partial charge is 0.263 e. The molecule has 0 fully saturated rings. The van der Waals surface area contributed by atoms with Gasteiger partial charge in [-0.3, -0.25) is 14.2 Å². The molecule has 2 aromatic carbocycles. The molecule has 0 aliphatic rings. The molecule has 0 spiro atoms. The van der Waals surface area contributed by atoms with E-state index in [2.05, 4.69) is 29.4 Å². The number of halogens is 1. The molecule has 158 valence electrons. The highest BCUT2D eigenvalue weighted by molar-refractivity contribution is 7.17. The Hall–Kier alpha value is -2.96. The zero-order chi connectivity index (χ0) is 22.1. The molecule has 0 aliphatic heterocycles. The lowest BCUT2D eigenvalue weighted by molar-refractivity contribution is -0.118. The third kappa shape index (κ3) is 4.01. The number of benzene rings is 2. The average molecular weight is 452 g/mol. The highest BCUT2D eigenvalue weighted by atomic mass is 35.5. The molecular formula is C24H22ClN3O2S. The maximum Gasteiger partial charge on any atom is 0.263 e. The lowest BCUT2D eigenvalue weighted by Gasteiger charge is -2.16. The fraction of sp³-hybridized carbons (Fsp3) is 0.208. The largest absolute Gasteiger partial charge is 0.324 e. The van der Waals surface area contributed by atoms with Crippen LogP contribution in [0.2, 0.25) is 5.02 Å². The van der Waals surface area contributed by atoms with Crippen LogP contribution in [0.25, 0.3) is 21.3 Å². The lowest BCUT2D eigenvalue weighted by atomic mass is 10.0. The number of thiophene rings is 1. The third-order valence-corrected chi connectivity index (χ3v) is 6.81. The van der Waals surface area contributed by atoms with Crippen molar-refractivity contribution < 1.29 is 4.79 Å². The van der Waals surface area contributed by atoms with Crippen molar-refractivity contribution >= 4 is 44.7 Å². The summed E-state index contributed by atoms with van der Waals surface area (Å²) in [6, 6.07) is 12.8. The van der Waals surface area contributed by atoms with E-state index in [4.69, 9.17) is 11.6 Å². The van der Waals surface area contributed by atoms with Gasteiger partial charge in [0.1, 0.15) is 10.9 Å². The quantitative estimate of drug-likeness (QED) is 0.414. The van der Waals surface area contributed by atoms with Gasteiger partial charge in [0.25, 0.3) is 5.56 Å². The summed E-state index contributed by atoms with van der Waals surface area (Å²) in [7, 11) is 0. The second kappa shape index (κ2) is 8.65. The van der Waals surface area contributed by atoms with E-state index < -0.39 is 6.04 Å². The van der Waals surface area contributed by atoms with E-state index in [1.165, 1.54) is 27.8 Å². The van der Waals surface area contributed by atoms with E-state index in [-0.39, 0.29) is 11.5 Å². The molecule has 2 aromatic heterocycles. The first kappa shape index (κ1) is 21.3. The number of hydrogen-bond donors (Lipinski definition) is 1. The van der Waals surface area contributed by atoms with Gasteiger partial charge >= 0.3 is 0 Å². The first-order valence-electron chi connectivity index (χ1n) is 10.0. The van der Waals surface area contributed by atoms with Crippen molar-refractivity contribution in [1.82, 2.24) is 9.55 Å². The minimum Gasteiger partial charge on any atom is -0.324 e. The normalized spacial score (nSPS) is 12.1. The van der Waals surface area contributed by atoms with Crippen LogP contribution >= 0.6 is 22.9 Å². The number of fused-ring (bicyclic) bond motifs is 1. The molecule has 31 heavy (non-hydrogen) atoms. The Morgan fingerprint density at radius 3 is 2.68 bits per heavy atom. The molecule has 7 heteroatoms. The summed E-state index contributed by atoms with van der Waals surface area (Å²) in [5.74, 6) is -0.308. The maximum absolute atomic E-state index is 13.4. The number of amides is 1. The molecular weight excluding hydrogens is 430 g/mol. The molecule has 2 heterocycles.